The van der Waals surface area contributed by atoms with Crippen molar-refractivity contribution in [2.75, 3.05) is 99.3 Å². The molecule has 0 amide bonds. The minimum absolute atomic E-state index is 0.601. The Balaban J connectivity index is 3.67. The van der Waals surface area contributed by atoms with Crippen LogP contribution in [-0.2, 0) is 23.7 Å². The van der Waals surface area contributed by atoms with Gasteiger partial charge in [-0.1, -0.05) is 26.2 Å². The first-order valence-corrected chi connectivity index (χ1v) is 12.1. The average molecular weight is 435 g/mol. The van der Waals surface area contributed by atoms with E-state index in [4.69, 9.17) is 23.7 Å². The molecular formula is C23H50N2O5. The molecule has 7 nitrogen and oxygen atoms in total. The maximum atomic E-state index is 5.75. The van der Waals surface area contributed by atoms with Crippen LogP contribution in [0.3, 0.4) is 0 Å². The quantitative estimate of drug-likeness (QED) is 0.210. The van der Waals surface area contributed by atoms with Crippen molar-refractivity contribution in [3.05, 3.63) is 0 Å². The van der Waals surface area contributed by atoms with Crippen LogP contribution >= 0.6 is 0 Å². The molecule has 0 aliphatic carbocycles. The second-order valence-electron chi connectivity index (χ2n) is 7.36. The van der Waals surface area contributed by atoms with E-state index in [1.807, 2.05) is 14.0 Å². The summed E-state index contributed by atoms with van der Waals surface area (Å²) < 4.78 is 27.7. The molecule has 0 fully saturated rings. The summed E-state index contributed by atoms with van der Waals surface area (Å²) in [6.45, 7) is 15.2. The lowest BCUT2D eigenvalue weighted by Crippen LogP contribution is -2.32. The molecule has 0 saturated carbocycles. The summed E-state index contributed by atoms with van der Waals surface area (Å²) in [7, 11) is 2.02. The van der Waals surface area contributed by atoms with Crippen molar-refractivity contribution in [2.45, 2.75) is 52.4 Å². The van der Waals surface area contributed by atoms with Gasteiger partial charge >= 0.3 is 0 Å². The third-order valence-corrected chi connectivity index (χ3v) is 4.72. The van der Waals surface area contributed by atoms with E-state index < -0.39 is 0 Å². The Labute approximate surface area is 186 Å². The number of hydrogen-bond acceptors (Lipinski definition) is 7. The highest BCUT2D eigenvalue weighted by atomic mass is 16.6. The predicted molar refractivity (Wildman–Crippen MR) is 124 cm³/mol. The third kappa shape index (κ3) is 24.0. The Kier molecular flexibility index (Phi) is 26.5. The second kappa shape index (κ2) is 26.8. The fraction of sp³-hybridized carbons (Fsp3) is 1.00. The molecule has 0 spiro atoms. The van der Waals surface area contributed by atoms with Gasteiger partial charge in [0.25, 0.3) is 0 Å². The van der Waals surface area contributed by atoms with Crippen LogP contribution in [0.5, 0.6) is 0 Å². The van der Waals surface area contributed by atoms with E-state index in [2.05, 4.69) is 17.1 Å². The van der Waals surface area contributed by atoms with E-state index >= 15 is 0 Å². The molecule has 0 rings (SSSR count). The number of ether oxygens (including phenoxy) is 5. The minimum atomic E-state index is 0.601. The summed E-state index contributed by atoms with van der Waals surface area (Å²) in [5, 5.41) is 3.21. The predicted octanol–water partition coefficient (Wildman–Crippen LogP) is 2.97. The Bertz CT molecular complexity index is 311. The molecule has 7 heteroatoms. The molecule has 0 unspecified atom stereocenters. The zero-order valence-corrected chi connectivity index (χ0v) is 20.1. The minimum Gasteiger partial charge on any atom is -0.380 e. The lowest BCUT2D eigenvalue weighted by atomic mass is 10.2. The van der Waals surface area contributed by atoms with Gasteiger partial charge < -0.3 is 29.0 Å². The first kappa shape index (κ1) is 29.7. The van der Waals surface area contributed by atoms with E-state index in [0.717, 1.165) is 59.0 Å². The Morgan fingerprint density at radius 2 is 1.07 bits per heavy atom. The monoisotopic (exact) mass is 434 g/mol. The van der Waals surface area contributed by atoms with Gasteiger partial charge in [-0.3, -0.25) is 4.90 Å². The van der Waals surface area contributed by atoms with Crippen molar-refractivity contribution in [2.24, 2.45) is 0 Å². The molecule has 0 bridgehead atoms. The van der Waals surface area contributed by atoms with Gasteiger partial charge in [0, 0.05) is 26.3 Å². The molecule has 0 saturated heterocycles. The van der Waals surface area contributed by atoms with E-state index in [0.29, 0.717) is 39.6 Å². The summed E-state index contributed by atoms with van der Waals surface area (Å²) in [6, 6.07) is 0. The van der Waals surface area contributed by atoms with Gasteiger partial charge in [0.1, 0.15) is 0 Å². The lowest BCUT2D eigenvalue weighted by Gasteiger charge is -2.22. The van der Waals surface area contributed by atoms with Gasteiger partial charge in [0.05, 0.1) is 52.9 Å². The number of nitrogens with zero attached hydrogens (tertiary/aromatic N) is 1. The SMILES string of the molecule is CCCCOCCN(CCCCCCNC)CCOCCOCCOCCOCC. The largest absolute Gasteiger partial charge is 0.380 e. The van der Waals surface area contributed by atoms with Crippen molar-refractivity contribution in [3.63, 3.8) is 0 Å². The van der Waals surface area contributed by atoms with Crippen molar-refractivity contribution in [3.8, 4) is 0 Å². The summed E-state index contributed by atoms with van der Waals surface area (Å²) in [6.07, 6.45) is 7.42. The molecule has 0 aliphatic heterocycles. The number of nitrogens with one attached hydrogen (secondary N) is 1. The molecule has 0 aromatic rings. The lowest BCUT2D eigenvalue weighted by molar-refractivity contribution is -0.00354. The van der Waals surface area contributed by atoms with Gasteiger partial charge in [0.2, 0.25) is 0 Å². The second-order valence-corrected chi connectivity index (χ2v) is 7.36. The summed E-state index contributed by atoms with van der Waals surface area (Å²) >= 11 is 0. The van der Waals surface area contributed by atoms with E-state index in [9.17, 15) is 0 Å². The van der Waals surface area contributed by atoms with Gasteiger partial charge in [0.15, 0.2) is 0 Å². The number of unbranched alkanes of at least 4 members (excludes halogenated alkanes) is 4. The van der Waals surface area contributed by atoms with Crippen molar-refractivity contribution in [1.82, 2.24) is 10.2 Å². The molecule has 0 aromatic carbocycles. The molecule has 0 heterocycles. The number of rotatable bonds is 26. The molecule has 0 aromatic heterocycles. The van der Waals surface area contributed by atoms with Gasteiger partial charge in [-0.25, -0.2) is 0 Å². The van der Waals surface area contributed by atoms with Crippen LogP contribution in [0.1, 0.15) is 52.4 Å². The Hall–Kier alpha value is -0.280. The van der Waals surface area contributed by atoms with Crippen molar-refractivity contribution >= 4 is 0 Å². The highest BCUT2D eigenvalue weighted by molar-refractivity contribution is 4.58. The van der Waals surface area contributed by atoms with Crippen LogP contribution < -0.4 is 5.32 Å². The summed E-state index contributed by atoms with van der Waals surface area (Å²) in [5.41, 5.74) is 0. The molecule has 1 N–H and O–H groups in total. The van der Waals surface area contributed by atoms with Crippen LogP contribution in [0.25, 0.3) is 0 Å². The van der Waals surface area contributed by atoms with Gasteiger partial charge in [-0.15, -0.1) is 0 Å². The smallest absolute Gasteiger partial charge is 0.0701 e. The highest BCUT2D eigenvalue weighted by Crippen LogP contribution is 2.02. The number of hydrogen-bond donors (Lipinski definition) is 1. The first-order valence-electron chi connectivity index (χ1n) is 12.1. The van der Waals surface area contributed by atoms with Crippen LogP contribution in [0.15, 0.2) is 0 Å². The molecule has 182 valence electrons. The van der Waals surface area contributed by atoms with E-state index in [1.54, 1.807) is 0 Å². The van der Waals surface area contributed by atoms with Crippen LogP contribution in [-0.4, -0.2) is 104 Å². The fourth-order valence-corrected chi connectivity index (χ4v) is 2.87. The van der Waals surface area contributed by atoms with Crippen LogP contribution in [0.4, 0.5) is 0 Å². The van der Waals surface area contributed by atoms with Crippen LogP contribution in [0, 0.1) is 0 Å². The third-order valence-electron chi connectivity index (χ3n) is 4.72. The Morgan fingerprint density at radius 3 is 1.63 bits per heavy atom. The van der Waals surface area contributed by atoms with Crippen LogP contribution in [0.2, 0.25) is 0 Å². The summed E-state index contributed by atoms with van der Waals surface area (Å²) in [4.78, 5) is 2.47. The normalized spacial score (nSPS) is 11.6. The standard InChI is InChI=1S/C23H50N2O5/c1-4-6-15-27-16-13-25(12-10-8-7-9-11-24-3)14-17-28-20-21-30-23-22-29-19-18-26-5-2/h24H,4-23H2,1-3H3. The van der Waals surface area contributed by atoms with E-state index in [1.165, 1.54) is 32.1 Å². The van der Waals surface area contributed by atoms with Gasteiger partial charge in [-0.2, -0.15) is 0 Å². The Morgan fingerprint density at radius 1 is 0.533 bits per heavy atom. The van der Waals surface area contributed by atoms with Gasteiger partial charge in [-0.05, 0) is 46.3 Å². The molecule has 0 atom stereocenters. The zero-order chi connectivity index (χ0) is 22.0. The molecule has 0 radical (unpaired) electrons. The van der Waals surface area contributed by atoms with Crippen molar-refractivity contribution in [1.29, 1.82) is 0 Å². The first-order chi connectivity index (χ1) is 14.8. The summed E-state index contributed by atoms with van der Waals surface area (Å²) in [5.74, 6) is 0. The molecular weight excluding hydrogens is 384 g/mol. The topological polar surface area (TPSA) is 61.4 Å². The average Bonchev–Trinajstić information content (AvgIpc) is 2.76. The maximum absolute atomic E-state index is 5.75. The van der Waals surface area contributed by atoms with Crippen molar-refractivity contribution < 1.29 is 23.7 Å². The molecule has 0 aliphatic rings. The zero-order valence-electron chi connectivity index (χ0n) is 20.1. The maximum Gasteiger partial charge on any atom is 0.0701 e. The van der Waals surface area contributed by atoms with E-state index in [-0.39, 0.29) is 0 Å². The highest BCUT2D eigenvalue weighted by Gasteiger charge is 2.05. The molecule has 30 heavy (non-hydrogen) atoms. The fourth-order valence-electron chi connectivity index (χ4n) is 2.87.